The van der Waals surface area contributed by atoms with E-state index >= 15 is 0 Å². The summed E-state index contributed by atoms with van der Waals surface area (Å²) in [5.74, 6) is -0.159. The van der Waals surface area contributed by atoms with E-state index in [9.17, 15) is 9.90 Å². The zero-order valence-corrected chi connectivity index (χ0v) is 13.9. The van der Waals surface area contributed by atoms with Gasteiger partial charge in [-0.3, -0.25) is 4.79 Å². The van der Waals surface area contributed by atoms with Crippen molar-refractivity contribution in [3.05, 3.63) is 57.0 Å². The Morgan fingerprint density at radius 1 is 1.17 bits per heavy atom. The highest BCUT2D eigenvalue weighted by Crippen LogP contribution is 2.27. The fourth-order valence-electron chi connectivity index (χ4n) is 1.57. The lowest BCUT2D eigenvalue weighted by atomic mass is 10.2. The minimum absolute atomic E-state index is 0.00315. The molecule has 0 aliphatic heterocycles. The molecule has 0 fully saturated rings. The molecule has 2 aromatic carbocycles. The number of halogens is 3. The van der Waals surface area contributed by atoms with Crippen LogP contribution in [-0.4, -0.2) is 23.8 Å². The number of benzene rings is 2. The number of nitrogens with one attached hydrogen (secondary N) is 1. The van der Waals surface area contributed by atoms with E-state index in [1.807, 2.05) is 0 Å². The van der Waals surface area contributed by atoms with Gasteiger partial charge in [-0.05, 0) is 36.4 Å². The molecule has 0 aliphatic carbocycles. The standard InChI is InChI=1S/C15H11Cl3N2O3/c16-10-1-3-13(21)9(5-10)7-19-20-15(22)8-23-14-4-2-11(17)6-12(14)18/h1-7,21H,8H2,(H,20,22). The van der Waals surface area contributed by atoms with E-state index in [0.29, 0.717) is 26.4 Å². The van der Waals surface area contributed by atoms with Crippen LogP contribution < -0.4 is 10.2 Å². The van der Waals surface area contributed by atoms with Crippen molar-refractivity contribution in [3.63, 3.8) is 0 Å². The van der Waals surface area contributed by atoms with Crippen molar-refractivity contribution in [1.82, 2.24) is 5.43 Å². The van der Waals surface area contributed by atoms with E-state index in [2.05, 4.69) is 10.5 Å². The summed E-state index contributed by atoms with van der Waals surface area (Å²) in [4.78, 5) is 11.6. The molecule has 0 spiro atoms. The lowest BCUT2D eigenvalue weighted by molar-refractivity contribution is -0.123. The average molecular weight is 374 g/mol. The van der Waals surface area contributed by atoms with Crippen LogP contribution in [0.3, 0.4) is 0 Å². The van der Waals surface area contributed by atoms with E-state index in [1.54, 1.807) is 12.1 Å². The van der Waals surface area contributed by atoms with E-state index in [4.69, 9.17) is 39.5 Å². The summed E-state index contributed by atoms with van der Waals surface area (Å²) in [5, 5.41) is 14.5. The van der Waals surface area contributed by atoms with Gasteiger partial charge in [0.25, 0.3) is 5.91 Å². The van der Waals surface area contributed by atoms with Crippen molar-refractivity contribution in [2.24, 2.45) is 5.10 Å². The summed E-state index contributed by atoms with van der Waals surface area (Å²) in [6.45, 7) is -0.278. The lowest BCUT2D eigenvalue weighted by Gasteiger charge is -2.07. The summed E-state index contributed by atoms with van der Waals surface area (Å²) in [6.07, 6.45) is 1.27. The van der Waals surface area contributed by atoms with Gasteiger partial charge in [0.1, 0.15) is 11.5 Å². The zero-order valence-electron chi connectivity index (χ0n) is 11.6. The van der Waals surface area contributed by atoms with Crippen molar-refractivity contribution in [2.75, 3.05) is 6.61 Å². The van der Waals surface area contributed by atoms with Gasteiger partial charge in [0.15, 0.2) is 6.61 Å². The van der Waals surface area contributed by atoms with Gasteiger partial charge in [0, 0.05) is 15.6 Å². The Hall–Kier alpha value is -1.95. The Bertz CT molecular complexity index is 751. The van der Waals surface area contributed by atoms with Crippen molar-refractivity contribution in [2.45, 2.75) is 0 Å². The Morgan fingerprint density at radius 2 is 1.87 bits per heavy atom. The number of hydrogen-bond acceptors (Lipinski definition) is 4. The molecule has 0 radical (unpaired) electrons. The Labute approximate surface area is 147 Å². The van der Waals surface area contributed by atoms with E-state index in [1.165, 1.54) is 30.5 Å². The predicted molar refractivity (Wildman–Crippen MR) is 90.8 cm³/mol. The summed E-state index contributed by atoms with van der Waals surface area (Å²) in [5.41, 5.74) is 2.64. The van der Waals surface area contributed by atoms with Gasteiger partial charge < -0.3 is 9.84 Å². The molecule has 2 aromatic rings. The second kappa shape index (κ2) is 8.06. The van der Waals surface area contributed by atoms with Gasteiger partial charge >= 0.3 is 0 Å². The molecule has 0 aromatic heterocycles. The first-order valence-corrected chi connectivity index (χ1v) is 7.47. The molecular weight excluding hydrogens is 363 g/mol. The highest BCUT2D eigenvalue weighted by Gasteiger charge is 2.06. The number of carbonyl (C=O) groups is 1. The first-order valence-electron chi connectivity index (χ1n) is 6.34. The number of amides is 1. The molecule has 0 aliphatic rings. The average Bonchev–Trinajstić information content (AvgIpc) is 2.50. The van der Waals surface area contributed by atoms with Gasteiger partial charge in [-0.1, -0.05) is 34.8 Å². The molecule has 0 saturated carbocycles. The first kappa shape index (κ1) is 17.4. The molecule has 0 bridgehead atoms. The number of phenolic OH excluding ortho intramolecular Hbond substituents is 1. The lowest BCUT2D eigenvalue weighted by Crippen LogP contribution is -2.24. The number of hydrazone groups is 1. The largest absolute Gasteiger partial charge is 0.507 e. The minimum atomic E-state index is -0.492. The summed E-state index contributed by atoms with van der Waals surface area (Å²) in [6, 6.07) is 9.15. The highest BCUT2D eigenvalue weighted by molar-refractivity contribution is 6.35. The van der Waals surface area contributed by atoms with E-state index in [0.717, 1.165) is 0 Å². The third-order valence-electron chi connectivity index (χ3n) is 2.64. The molecule has 120 valence electrons. The number of ether oxygens (including phenoxy) is 1. The molecular formula is C15H11Cl3N2O3. The summed E-state index contributed by atoms with van der Waals surface area (Å²) in [7, 11) is 0. The summed E-state index contributed by atoms with van der Waals surface area (Å²) >= 11 is 17.5. The van der Waals surface area contributed by atoms with E-state index < -0.39 is 5.91 Å². The molecule has 0 unspecified atom stereocenters. The molecule has 0 heterocycles. The smallest absolute Gasteiger partial charge is 0.277 e. The third kappa shape index (κ3) is 5.32. The van der Waals surface area contributed by atoms with E-state index in [-0.39, 0.29) is 12.4 Å². The highest BCUT2D eigenvalue weighted by atomic mass is 35.5. The maximum Gasteiger partial charge on any atom is 0.277 e. The van der Waals surface area contributed by atoms with Crippen molar-refractivity contribution in [1.29, 1.82) is 0 Å². The van der Waals surface area contributed by atoms with Crippen LogP contribution in [0.2, 0.25) is 15.1 Å². The number of phenols is 1. The van der Waals surface area contributed by atoms with Crippen molar-refractivity contribution >= 4 is 46.9 Å². The molecule has 2 rings (SSSR count). The van der Waals surface area contributed by atoms with Crippen LogP contribution in [0.4, 0.5) is 0 Å². The van der Waals surface area contributed by atoms with Gasteiger partial charge in [0.2, 0.25) is 0 Å². The fourth-order valence-corrected chi connectivity index (χ4v) is 2.21. The molecule has 5 nitrogen and oxygen atoms in total. The third-order valence-corrected chi connectivity index (χ3v) is 3.40. The molecule has 0 atom stereocenters. The normalized spacial score (nSPS) is 10.7. The van der Waals surface area contributed by atoms with Crippen molar-refractivity contribution in [3.8, 4) is 11.5 Å². The van der Waals surface area contributed by atoms with Gasteiger partial charge in [-0.15, -0.1) is 0 Å². The quantitative estimate of drug-likeness (QED) is 0.617. The Morgan fingerprint density at radius 3 is 2.61 bits per heavy atom. The number of rotatable bonds is 5. The maximum atomic E-state index is 11.6. The first-order chi connectivity index (χ1) is 11.0. The fraction of sp³-hybridized carbons (Fsp3) is 0.0667. The molecule has 23 heavy (non-hydrogen) atoms. The number of carbonyl (C=O) groups excluding carboxylic acids is 1. The number of hydrogen-bond donors (Lipinski definition) is 2. The van der Waals surface area contributed by atoms with Crippen LogP contribution in [-0.2, 0) is 4.79 Å². The van der Waals surface area contributed by atoms with Gasteiger partial charge in [0.05, 0.1) is 11.2 Å². The topological polar surface area (TPSA) is 70.9 Å². The van der Waals surface area contributed by atoms with Crippen molar-refractivity contribution < 1.29 is 14.6 Å². The maximum absolute atomic E-state index is 11.6. The molecule has 2 N–H and O–H groups in total. The van der Waals surface area contributed by atoms with Crippen LogP contribution in [0.1, 0.15) is 5.56 Å². The van der Waals surface area contributed by atoms with Crippen LogP contribution in [0, 0.1) is 0 Å². The second-order valence-corrected chi connectivity index (χ2v) is 5.64. The summed E-state index contributed by atoms with van der Waals surface area (Å²) < 4.78 is 5.25. The number of aromatic hydroxyl groups is 1. The van der Waals surface area contributed by atoms with Crippen LogP contribution in [0.5, 0.6) is 11.5 Å². The second-order valence-electron chi connectivity index (χ2n) is 4.36. The zero-order chi connectivity index (χ0) is 16.8. The van der Waals surface area contributed by atoms with Gasteiger partial charge in [-0.2, -0.15) is 5.10 Å². The Kier molecular flexibility index (Phi) is 6.10. The van der Waals surface area contributed by atoms with Crippen LogP contribution in [0.15, 0.2) is 41.5 Å². The minimum Gasteiger partial charge on any atom is -0.507 e. The Balaban J connectivity index is 1.87. The molecule has 8 heteroatoms. The molecule has 0 saturated heterocycles. The van der Waals surface area contributed by atoms with Crippen LogP contribution >= 0.6 is 34.8 Å². The molecule has 1 amide bonds. The number of nitrogens with zero attached hydrogens (tertiary/aromatic N) is 1. The predicted octanol–water partition coefficient (Wildman–Crippen LogP) is 3.88. The SMILES string of the molecule is O=C(COc1ccc(Cl)cc1Cl)NN=Cc1cc(Cl)ccc1O. The van der Waals surface area contributed by atoms with Crippen LogP contribution in [0.25, 0.3) is 0 Å². The monoisotopic (exact) mass is 372 g/mol. The van der Waals surface area contributed by atoms with Gasteiger partial charge in [-0.25, -0.2) is 5.43 Å².